The Morgan fingerprint density at radius 3 is 2.83 bits per heavy atom. The van der Waals surface area contributed by atoms with Crippen LogP contribution in [0.1, 0.15) is 31.7 Å². The molecule has 0 bridgehead atoms. The Balaban J connectivity index is 2.30. The molecule has 0 saturated carbocycles. The van der Waals surface area contributed by atoms with E-state index in [0.717, 1.165) is 30.6 Å². The molecule has 98 valence electrons. The fraction of sp³-hybridized carbons (Fsp3) is 0.500. The Morgan fingerprint density at radius 2 is 2.28 bits per heavy atom. The topological polar surface area (TPSA) is 38.3 Å². The number of benzene rings is 1. The van der Waals surface area contributed by atoms with Crippen LogP contribution in [0.25, 0.3) is 0 Å². The van der Waals surface area contributed by atoms with Crippen molar-refractivity contribution in [3.05, 3.63) is 28.8 Å². The lowest BCUT2D eigenvalue weighted by molar-refractivity contribution is -0.119. The van der Waals surface area contributed by atoms with Gasteiger partial charge in [-0.25, -0.2) is 0 Å². The number of rotatable bonds is 4. The molecule has 1 N–H and O–H groups in total. The lowest BCUT2D eigenvalue weighted by atomic mass is 9.86. The number of hydrogen-bond donors (Lipinski definition) is 1. The summed E-state index contributed by atoms with van der Waals surface area (Å²) >= 11 is 6.25. The lowest BCUT2D eigenvalue weighted by Gasteiger charge is -2.29. The maximum absolute atomic E-state index is 11.5. The molecule has 18 heavy (non-hydrogen) atoms. The summed E-state index contributed by atoms with van der Waals surface area (Å²) < 4.78 is 5.36. The first-order valence-electron chi connectivity index (χ1n) is 6.22. The number of carbonyl (C=O) groups is 1. The number of ether oxygens (including phenoxy) is 1. The molecule has 1 aliphatic rings. The molecule has 0 spiro atoms. The zero-order valence-corrected chi connectivity index (χ0v) is 11.5. The predicted octanol–water partition coefficient (Wildman–Crippen LogP) is 2.95. The number of amides is 1. The van der Waals surface area contributed by atoms with E-state index >= 15 is 0 Å². The van der Waals surface area contributed by atoms with Crippen LogP contribution in [-0.2, 0) is 11.2 Å². The Morgan fingerprint density at radius 1 is 1.50 bits per heavy atom. The van der Waals surface area contributed by atoms with Gasteiger partial charge in [-0.05, 0) is 25.0 Å². The number of hydrogen-bond acceptors (Lipinski definition) is 2. The smallest absolute Gasteiger partial charge is 0.220 e. The second kappa shape index (κ2) is 5.19. The fourth-order valence-corrected chi connectivity index (χ4v) is 2.77. The molecule has 1 fully saturated rings. The third-order valence-electron chi connectivity index (χ3n) is 3.72. The number of methoxy groups -OCH3 is 1. The zero-order valence-electron chi connectivity index (χ0n) is 10.8. The standard InChI is InChI=1S/C14H18ClNO2/c1-3-14(8-7-13(17)16-14)9-10-11(15)5-4-6-12(10)18-2/h4-6H,3,7-9H2,1-2H3,(H,16,17). The van der Waals surface area contributed by atoms with Crippen LogP contribution in [0.15, 0.2) is 18.2 Å². The van der Waals surface area contributed by atoms with Crippen molar-refractivity contribution in [3.8, 4) is 5.75 Å². The van der Waals surface area contributed by atoms with Gasteiger partial charge in [0, 0.05) is 29.0 Å². The molecule has 0 aliphatic carbocycles. The summed E-state index contributed by atoms with van der Waals surface area (Å²) in [5, 5.41) is 3.79. The molecular weight excluding hydrogens is 250 g/mol. The third kappa shape index (κ3) is 2.46. The second-order valence-corrected chi connectivity index (χ2v) is 5.19. The molecule has 1 amide bonds. The average Bonchev–Trinajstić information content (AvgIpc) is 2.74. The molecule has 0 aromatic heterocycles. The first-order chi connectivity index (χ1) is 8.60. The van der Waals surface area contributed by atoms with Crippen molar-refractivity contribution in [2.45, 2.75) is 38.1 Å². The molecule has 1 atom stereocenters. The van der Waals surface area contributed by atoms with Gasteiger partial charge in [0.2, 0.25) is 5.91 Å². The third-order valence-corrected chi connectivity index (χ3v) is 4.08. The molecule has 1 saturated heterocycles. The van der Waals surface area contributed by atoms with Crippen molar-refractivity contribution < 1.29 is 9.53 Å². The highest BCUT2D eigenvalue weighted by atomic mass is 35.5. The maximum Gasteiger partial charge on any atom is 0.220 e. The lowest BCUT2D eigenvalue weighted by Crippen LogP contribution is -2.43. The van der Waals surface area contributed by atoms with E-state index in [1.807, 2.05) is 18.2 Å². The minimum atomic E-state index is -0.171. The zero-order chi connectivity index (χ0) is 13.2. The molecule has 1 aromatic carbocycles. The Kier molecular flexibility index (Phi) is 3.81. The van der Waals surface area contributed by atoms with E-state index in [-0.39, 0.29) is 11.4 Å². The normalized spacial score (nSPS) is 22.9. The van der Waals surface area contributed by atoms with Gasteiger partial charge < -0.3 is 10.1 Å². The number of halogens is 1. The molecular formula is C14H18ClNO2. The van der Waals surface area contributed by atoms with Gasteiger partial charge in [0.1, 0.15) is 5.75 Å². The SMILES string of the molecule is CCC1(Cc2c(Cl)cccc2OC)CCC(=O)N1. The van der Waals surface area contributed by atoms with Crippen molar-refractivity contribution >= 4 is 17.5 Å². The predicted molar refractivity (Wildman–Crippen MR) is 72.1 cm³/mol. The highest BCUT2D eigenvalue weighted by Crippen LogP contribution is 2.34. The van der Waals surface area contributed by atoms with Gasteiger partial charge in [0.15, 0.2) is 0 Å². The van der Waals surface area contributed by atoms with Crippen molar-refractivity contribution in [1.29, 1.82) is 0 Å². The van der Waals surface area contributed by atoms with Gasteiger partial charge in [0.25, 0.3) is 0 Å². The number of carbonyl (C=O) groups excluding carboxylic acids is 1. The van der Waals surface area contributed by atoms with E-state index in [4.69, 9.17) is 16.3 Å². The summed E-state index contributed by atoms with van der Waals surface area (Å²) in [6.45, 7) is 2.09. The van der Waals surface area contributed by atoms with Crippen LogP contribution in [0, 0.1) is 0 Å². The first kappa shape index (κ1) is 13.2. The maximum atomic E-state index is 11.5. The van der Waals surface area contributed by atoms with E-state index in [2.05, 4.69) is 12.2 Å². The Labute approximate surface area is 112 Å². The van der Waals surface area contributed by atoms with Crippen molar-refractivity contribution in [2.24, 2.45) is 0 Å². The molecule has 2 rings (SSSR count). The highest BCUT2D eigenvalue weighted by molar-refractivity contribution is 6.31. The van der Waals surface area contributed by atoms with Gasteiger partial charge in [-0.2, -0.15) is 0 Å². The minimum Gasteiger partial charge on any atom is -0.496 e. The van der Waals surface area contributed by atoms with Crippen LogP contribution in [0.4, 0.5) is 0 Å². The van der Waals surface area contributed by atoms with Crippen LogP contribution in [0.3, 0.4) is 0 Å². The first-order valence-corrected chi connectivity index (χ1v) is 6.60. The van der Waals surface area contributed by atoms with Gasteiger partial charge in [-0.1, -0.05) is 24.6 Å². The Hall–Kier alpha value is -1.22. The minimum absolute atomic E-state index is 0.128. The molecule has 0 radical (unpaired) electrons. The number of nitrogens with one attached hydrogen (secondary N) is 1. The molecule has 4 heteroatoms. The second-order valence-electron chi connectivity index (χ2n) is 4.78. The monoisotopic (exact) mass is 267 g/mol. The summed E-state index contributed by atoms with van der Waals surface area (Å²) in [5.41, 5.74) is 0.806. The molecule has 1 heterocycles. The van der Waals surface area contributed by atoms with Crippen LogP contribution in [0.2, 0.25) is 5.02 Å². The van der Waals surface area contributed by atoms with E-state index < -0.39 is 0 Å². The molecule has 1 aromatic rings. The van der Waals surface area contributed by atoms with Crippen LogP contribution in [0.5, 0.6) is 5.75 Å². The Bertz CT molecular complexity index is 461. The van der Waals surface area contributed by atoms with E-state index in [9.17, 15) is 4.79 Å². The van der Waals surface area contributed by atoms with E-state index in [1.165, 1.54) is 0 Å². The van der Waals surface area contributed by atoms with Crippen LogP contribution >= 0.6 is 11.6 Å². The van der Waals surface area contributed by atoms with E-state index in [1.54, 1.807) is 7.11 Å². The van der Waals surface area contributed by atoms with Gasteiger partial charge in [0.05, 0.1) is 7.11 Å². The average molecular weight is 268 g/mol. The van der Waals surface area contributed by atoms with Crippen LogP contribution < -0.4 is 10.1 Å². The molecule has 3 nitrogen and oxygen atoms in total. The summed E-state index contributed by atoms with van der Waals surface area (Å²) in [6.07, 6.45) is 3.07. The van der Waals surface area contributed by atoms with Gasteiger partial charge >= 0.3 is 0 Å². The largest absolute Gasteiger partial charge is 0.496 e. The molecule has 1 aliphatic heterocycles. The van der Waals surface area contributed by atoms with Crippen LogP contribution in [-0.4, -0.2) is 18.6 Å². The summed E-state index contributed by atoms with van der Waals surface area (Å²) in [4.78, 5) is 11.5. The molecule has 1 unspecified atom stereocenters. The summed E-state index contributed by atoms with van der Waals surface area (Å²) in [5.74, 6) is 0.916. The summed E-state index contributed by atoms with van der Waals surface area (Å²) in [7, 11) is 1.64. The van der Waals surface area contributed by atoms with Crippen molar-refractivity contribution in [2.75, 3.05) is 7.11 Å². The fourth-order valence-electron chi connectivity index (χ4n) is 2.54. The van der Waals surface area contributed by atoms with Crippen molar-refractivity contribution in [1.82, 2.24) is 5.32 Å². The summed E-state index contributed by atoms with van der Waals surface area (Å²) in [6, 6.07) is 5.64. The van der Waals surface area contributed by atoms with Gasteiger partial charge in [-0.15, -0.1) is 0 Å². The highest BCUT2D eigenvalue weighted by Gasteiger charge is 2.37. The quantitative estimate of drug-likeness (QED) is 0.911. The van der Waals surface area contributed by atoms with E-state index in [0.29, 0.717) is 11.4 Å². The van der Waals surface area contributed by atoms with Gasteiger partial charge in [-0.3, -0.25) is 4.79 Å². The van der Waals surface area contributed by atoms with Crippen molar-refractivity contribution in [3.63, 3.8) is 0 Å².